The Morgan fingerprint density at radius 2 is 0.660 bits per heavy atom. The minimum atomic E-state index is -0.882. The minimum Gasteiger partial charge on any atom is -0.389 e. The lowest BCUT2D eigenvalue weighted by Gasteiger charge is -2.44. The number of benzene rings is 4. The molecule has 0 bridgehead atoms. The first-order valence-electron chi connectivity index (χ1n) is 19.6. The molecule has 2 N–H and O–H groups in total. The van der Waals surface area contributed by atoms with Crippen molar-refractivity contribution in [1.82, 2.24) is 9.80 Å². The minimum absolute atomic E-state index is 0.169. The van der Waals surface area contributed by atoms with Gasteiger partial charge < -0.3 is 10.2 Å². The molecule has 266 valence electrons. The number of hydrogen-bond acceptors (Lipinski definition) is 4. The number of aliphatic hydroxyl groups excluding tert-OH is 2. The van der Waals surface area contributed by atoms with E-state index in [-0.39, 0.29) is 12.1 Å². The predicted octanol–water partition coefficient (Wildman–Crippen LogP) is 9.79. The molecule has 0 aliphatic heterocycles. The van der Waals surface area contributed by atoms with Crippen molar-refractivity contribution in [3.05, 3.63) is 144 Å². The Kier molecular flexibility index (Phi) is 14.1. The van der Waals surface area contributed by atoms with Crippen LogP contribution in [0.25, 0.3) is 0 Å². The van der Waals surface area contributed by atoms with Crippen LogP contribution in [-0.4, -0.2) is 44.3 Å². The van der Waals surface area contributed by atoms with Gasteiger partial charge in [0.1, 0.15) is 0 Å². The highest BCUT2D eigenvalue weighted by Gasteiger charge is 2.40. The summed E-state index contributed by atoms with van der Waals surface area (Å²) in [7, 11) is 0. The molecule has 4 aromatic carbocycles. The molecule has 0 amide bonds. The van der Waals surface area contributed by atoms with Gasteiger partial charge in [0.25, 0.3) is 0 Å². The van der Waals surface area contributed by atoms with E-state index in [0.29, 0.717) is 11.8 Å². The second-order valence-electron chi connectivity index (χ2n) is 15.3. The van der Waals surface area contributed by atoms with E-state index in [0.717, 1.165) is 39.0 Å². The highest BCUT2D eigenvalue weighted by atomic mass is 16.3. The monoisotopic (exact) mass is 672 g/mol. The van der Waals surface area contributed by atoms with Crippen molar-refractivity contribution < 1.29 is 10.2 Å². The SMILES string of the molecule is O[C@H]([C@@H](O)[C@H](CC1CCCCC1)N(Cc1ccccc1)Cc1ccccc1)[C@H](CC1CCCCC1)N(Cc1ccccc1)Cc1ccccc1. The molecule has 4 aromatic rings. The van der Waals surface area contributed by atoms with E-state index in [2.05, 4.69) is 131 Å². The zero-order chi connectivity index (χ0) is 34.4. The van der Waals surface area contributed by atoms with Gasteiger partial charge in [0.05, 0.1) is 12.2 Å². The zero-order valence-corrected chi connectivity index (χ0v) is 30.1. The molecule has 2 aliphatic carbocycles. The maximum Gasteiger partial charge on any atom is 0.0969 e. The van der Waals surface area contributed by atoms with Gasteiger partial charge in [0, 0.05) is 38.3 Å². The average Bonchev–Trinajstić information content (AvgIpc) is 3.17. The normalized spacial score (nSPS) is 18.6. The largest absolute Gasteiger partial charge is 0.389 e. The van der Waals surface area contributed by atoms with Gasteiger partial charge in [-0.05, 0) is 46.9 Å². The van der Waals surface area contributed by atoms with Gasteiger partial charge in [-0.25, -0.2) is 0 Å². The quantitative estimate of drug-likeness (QED) is 0.117. The lowest BCUT2D eigenvalue weighted by atomic mass is 9.79. The average molecular weight is 673 g/mol. The van der Waals surface area contributed by atoms with Crippen LogP contribution >= 0.6 is 0 Å². The molecule has 0 aromatic heterocycles. The van der Waals surface area contributed by atoms with Gasteiger partial charge in [-0.2, -0.15) is 0 Å². The third-order valence-electron chi connectivity index (χ3n) is 11.6. The second kappa shape index (κ2) is 19.4. The highest BCUT2D eigenvalue weighted by molar-refractivity contribution is 5.20. The summed E-state index contributed by atoms with van der Waals surface area (Å²) in [5, 5.41) is 25.6. The summed E-state index contributed by atoms with van der Waals surface area (Å²) >= 11 is 0. The zero-order valence-electron chi connectivity index (χ0n) is 30.1. The summed E-state index contributed by atoms with van der Waals surface area (Å²) in [6, 6.07) is 42.5. The van der Waals surface area contributed by atoms with Crippen LogP contribution in [0.4, 0.5) is 0 Å². The molecule has 4 heteroatoms. The van der Waals surface area contributed by atoms with E-state index < -0.39 is 12.2 Å². The van der Waals surface area contributed by atoms with Crippen molar-refractivity contribution in [3.8, 4) is 0 Å². The Balaban J connectivity index is 1.36. The van der Waals surface area contributed by atoms with Crippen molar-refractivity contribution in [2.45, 2.75) is 128 Å². The fraction of sp³-hybridized carbons (Fsp3) is 0.478. The van der Waals surface area contributed by atoms with E-state index >= 15 is 0 Å². The van der Waals surface area contributed by atoms with Gasteiger partial charge in [-0.1, -0.05) is 186 Å². The Morgan fingerprint density at radius 1 is 0.400 bits per heavy atom. The molecule has 4 atom stereocenters. The molecule has 0 saturated heterocycles. The predicted molar refractivity (Wildman–Crippen MR) is 206 cm³/mol. The summed E-state index contributed by atoms with van der Waals surface area (Å²) in [5.41, 5.74) is 4.97. The molecule has 2 aliphatic rings. The number of aliphatic hydroxyl groups is 2. The van der Waals surface area contributed by atoms with Crippen molar-refractivity contribution in [3.63, 3.8) is 0 Å². The fourth-order valence-corrected chi connectivity index (χ4v) is 8.85. The lowest BCUT2D eigenvalue weighted by molar-refractivity contribution is -0.0927. The van der Waals surface area contributed by atoms with E-state index in [9.17, 15) is 10.2 Å². The van der Waals surface area contributed by atoms with Crippen LogP contribution in [-0.2, 0) is 26.2 Å². The van der Waals surface area contributed by atoms with Gasteiger partial charge in [0.2, 0.25) is 0 Å². The third kappa shape index (κ3) is 10.9. The molecule has 0 radical (unpaired) electrons. The van der Waals surface area contributed by atoms with Crippen molar-refractivity contribution in [2.75, 3.05) is 0 Å². The van der Waals surface area contributed by atoms with Gasteiger partial charge in [-0.3, -0.25) is 9.80 Å². The smallest absolute Gasteiger partial charge is 0.0969 e. The molecular weight excluding hydrogens is 613 g/mol. The maximum atomic E-state index is 12.8. The molecule has 0 unspecified atom stereocenters. The first-order valence-corrected chi connectivity index (χ1v) is 19.6. The summed E-state index contributed by atoms with van der Waals surface area (Å²) in [6.45, 7) is 2.95. The standard InChI is InChI=1S/C46H60N2O2/c49-45(43(31-37-19-7-1-8-20-37)47(33-39-23-11-3-12-24-39)34-40-25-13-4-14-26-40)46(50)44(32-38-21-9-2-10-22-38)48(35-41-27-15-5-16-28-41)36-42-29-17-6-18-30-42/h3-6,11-18,23-30,37-38,43-46,49-50H,1-2,7-10,19-22,31-36H2/t43-,44-,45-,46-/m0/s1. The molecular formula is C46H60N2O2. The van der Waals surface area contributed by atoms with E-state index in [1.807, 2.05) is 0 Å². The molecule has 0 spiro atoms. The fourth-order valence-electron chi connectivity index (χ4n) is 8.85. The summed E-state index contributed by atoms with van der Waals surface area (Å²) < 4.78 is 0. The molecule has 50 heavy (non-hydrogen) atoms. The van der Waals surface area contributed by atoms with Gasteiger partial charge >= 0.3 is 0 Å². The van der Waals surface area contributed by atoms with Crippen molar-refractivity contribution in [2.24, 2.45) is 11.8 Å². The van der Waals surface area contributed by atoms with Crippen LogP contribution in [0.15, 0.2) is 121 Å². The van der Waals surface area contributed by atoms with Crippen molar-refractivity contribution >= 4 is 0 Å². The first kappa shape index (κ1) is 36.5. The number of nitrogens with zero attached hydrogens (tertiary/aromatic N) is 2. The summed E-state index contributed by atoms with van der Waals surface area (Å²) in [5.74, 6) is 1.12. The molecule has 2 saturated carbocycles. The van der Waals surface area contributed by atoms with Crippen LogP contribution in [0.1, 0.15) is 99.3 Å². The van der Waals surface area contributed by atoms with Crippen LogP contribution < -0.4 is 0 Å². The molecule has 2 fully saturated rings. The van der Waals surface area contributed by atoms with Crippen molar-refractivity contribution in [1.29, 1.82) is 0 Å². The Morgan fingerprint density at radius 3 is 0.920 bits per heavy atom. The first-order chi connectivity index (χ1) is 24.6. The maximum absolute atomic E-state index is 12.8. The number of rotatable bonds is 17. The topological polar surface area (TPSA) is 46.9 Å². The Hall–Kier alpha value is -3.28. The summed E-state index contributed by atoms with van der Waals surface area (Å²) in [4.78, 5) is 4.98. The van der Waals surface area contributed by atoms with Crippen LogP contribution in [0.5, 0.6) is 0 Å². The molecule has 0 heterocycles. The van der Waals surface area contributed by atoms with Crippen LogP contribution in [0, 0.1) is 11.8 Å². The number of hydrogen-bond donors (Lipinski definition) is 2. The van der Waals surface area contributed by atoms with E-state index in [1.54, 1.807) is 0 Å². The van der Waals surface area contributed by atoms with Crippen LogP contribution in [0.2, 0.25) is 0 Å². The van der Waals surface area contributed by atoms with Crippen LogP contribution in [0.3, 0.4) is 0 Å². The Labute approximate surface area is 302 Å². The van der Waals surface area contributed by atoms with E-state index in [1.165, 1.54) is 86.5 Å². The molecule has 6 rings (SSSR count). The lowest BCUT2D eigenvalue weighted by Crippen LogP contribution is -2.56. The third-order valence-corrected chi connectivity index (χ3v) is 11.6. The molecule has 4 nitrogen and oxygen atoms in total. The Bertz CT molecular complexity index is 1270. The van der Waals surface area contributed by atoms with E-state index in [4.69, 9.17) is 0 Å². The van der Waals surface area contributed by atoms with Gasteiger partial charge in [-0.15, -0.1) is 0 Å². The highest BCUT2D eigenvalue weighted by Crippen LogP contribution is 2.35. The second-order valence-corrected chi connectivity index (χ2v) is 15.3. The summed E-state index contributed by atoms with van der Waals surface area (Å²) in [6.07, 6.45) is 12.6. The van der Waals surface area contributed by atoms with Gasteiger partial charge in [0.15, 0.2) is 0 Å².